The molecule has 0 nitrogen and oxygen atoms in total. The minimum atomic E-state index is -2.09. The molecule has 0 heterocycles. The Hall–Kier alpha value is -2.55. The summed E-state index contributed by atoms with van der Waals surface area (Å²) in [4.78, 5) is 0. The van der Waals surface area contributed by atoms with Gasteiger partial charge in [0.2, 0.25) is 0 Å². The van der Waals surface area contributed by atoms with Crippen LogP contribution in [-0.2, 0) is 0 Å². The molecule has 0 aliphatic rings. The van der Waals surface area contributed by atoms with Crippen LogP contribution in [-0.4, -0.2) is 32.3 Å². The predicted octanol–water partition coefficient (Wildman–Crippen LogP) is 11.2. The molecule has 0 radical (unpaired) electrons. The van der Waals surface area contributed by atoms with Crippen LogP contribution in [0, 0.1) is 70.5 Å². The first kappa shape index (κ1) is 41.5. The summed E-state index contributed by atoms with van der Waals surface area (Å²) in [6, 6.07) is 0. The van der Waals surface area contributed by atoms with Gasteiger partial charge in [-0.15, -0.1) is 35.0 Å². The second-order valence-corrected chi connectivity index (χ2v) is 37.5. The molecular formula is C42H62Si4. The van der Waals surface area contributed by atoms with E-state index in [0.29, 0.717) is 44.4 Å². The molecule has 0 N–H and O–H groups in total. The van der Waals surface area contributed by atoms with Gasteiger partial charge in [0.15, 0.2) is 0 Å². The van der Waals surface area contributed by atoms with Crippen molar-refractivity contribution in [3.63, 3.8) is 0 Å². The van der Waals surface area contributed by atoms with Gasteiger partial charge in [0.1, 0.15) is 32.3 Å². The first-order valence-corrected chi connectivity index (χ1v) is 28.7. The highest BCUT2D eigenvalue weighted by Crippen LogP contribution is 2.42. The summed E-state index contributed by atoms with van der Waals surface area (Å²) in [7, 11) is -7.73. The van der Waals surface area contributed by atoms with Crippen LogP contribution >= 0.6 is 0 Å². The summed E-state index contributed by atoms with van der Waals surface area (Å²) in [5, 5.41) is 0. The zero-order valence-corrected chi connectivity index (χ0v) is 36.6. The monoisotopic (exact) mass is 678 g/mol. The maximum atomic E-state index is 6.38. The number of terminal acetylenes is 2. The van der Waals surface area contributed by atoms with Gasteiger partial charge in [0.05, 0.1) is 33.4 Å². The van der Waals surface area contributed by atoms with Gasteiger partial charge >= 0.3 is 0 Å². The van der Waals surface area contributed by atoms with Crippen molar-refractivity contribution in [1.82, 2.24) is 0 Å². The summed E-state index contributed by atoms with van der Waals surface area (Å²) in [6.45, 7) is 41.6. The molecule has 0 spiro atoms. The molecule has 0 fully saturated rings. The predicted molar refractivity (Wildman–Crippen MR) is 219 cm³/mol. The van der Waals surface area contributed by atoms with Crippen molar-refractivity contribution >= 4 is 32.3 Å². The number of hydrogen-bond acceptors (Lipinski definition) is 0. The molecule has 0 saturated heterocycles. The van der Waals surface area contributed by atoms with Crippen LogP contribution in [0.15, 0.2) is 0 Å². The quantitative estimate of drug-likeness (QED) is 0.207. The van der Waals surface area contributed by atoms with Crippen molar-refractivity contribution in [2.75, 3.05) is 0 Å². The summed E-state index contributed by atoms with van der Waals surface area (Å²) in [5.74, 6) is 20.7. The lowest BCUT2D eigenvalue weighted by Gasteiger charge is -2.38. The van der Waals surface area contributed by atoms with E-state index in [-0.39, 0.29) is 0 Å². The Morgan fingerprint density at radius 2 is 0.543 bits per heavy atom. The lowest BCUT2D eigenvalue weighted by molar-refractivity contribution is 0.838. The lowest BCUT2D eigenvalue weighted by Crippen LogP contribution is -2.43. The van der Waals surface area contributed by atoms with Gasteiger partial charge < -0.3 is 0 Å². The molecule has 1 aromatic carbocycles. The molecule has 0 aliphatic heterocycles. The molecule has 4 heteroatoms. The zero-order chi connectivity index (χ0) is 36.0. The van der Waals surface area contributed by atoms with Crippen molar-refractivity contribution in [3.05, 3.63) is 33.4 Å². The fourth-order valence-corrected chi connectivity index (χ4v) is 18.7. The van der Waals surface area contributed by atoms with Gasteiger partial charge in [0, 0.05) is 0 Å². The molecule has 0 aliphatic carbocycles. The van der Waals surface area contributed by atoms with E-state index in [2.05, 4.69) is 180 Å². The third kappa shape index (κ3) is 9.29. The highest BCUT2D eigenvalue weighted by molar-refractivity contribution is 6.91. The van der Waals surface area contributed by atoms with E-state index in [4.69, 9.17) is 12.8 Å². The van der Waals surface area contributed by atoms with Crippen LogP contribution in [0.3, 0.4) is 0 Å². The van der Waals surface area contributed by atoms with E-state index in [1.165, 1.54) is 0 Å². The van der Waals surface area contributed by atoms with Gasteiger partial charge in [-0.2, -0.15) is 0 Å². The molecule has 0 bridgehead atoms. The average Bonchev–Trinajstić information content (AvgIpc) is 2.89. The summed E-state index contributed by atoms with van der Waals surface area (Å²) < 4.78 is 0. The Kier molecular flexibility index (Phi) is 14.5. The number of hydrogen-bond donors (Lipinski definition) is 0. The first-order chi connectivity index (χ1) is 20.9. The first-order valence-electron chi connectivity index (χ1n) is 17.2. The molecule has 1 rings (SSSR count). The topological polar surface area (TPSA) is 0 Å². The van der Waals surface area contributed by atoms with E-state index in [1.54, 1.807) is 0 Å². The van der Waals surface area contributed by atoms with Crippen LogP contribution in [0.2, 0.25) is 72.5 Å². The molecule has 0 amide bonds. The van der Waals surface area contributed by atoms with E-state index in [0.717, 1.165) is 22.3 Å². The normalized spacial score (nSPS) is 12.1. The maximum absolute atomic E-state index is 6.38. The molecular weight excluding hydrogens is 617 g/mol. The van der Waals surface area contributed by atoms with E-state index < -0.39 is 32.3 Å². The highest BCUT2D eigenvalue weighted by atomic mass is 28.3. The Balaban J connectivity index is 4.87. The largest absolute Gasteiger partial charge is 0.146 e. The Morgan fingerprint density at radius 1 is 0.348 bits per heavy atom. The van der Waals surface area contributed by atoms with E-state index in [1.807, 2.05) is 0 Å². The van der Waals surface area contributed by atoms with Crippen molar-refractivity contribution in [1.29, 1.82) is 0 Å². The van der Waals surface area contributed by atoms with Crippen LogP contribution in [0.5, 0.6) is 0 Å². The second kappa shape index (κ2) is 16.0. The number of benzene rings is 1. The minimum absolute atomic E-state index is 0.482. The van der Waals surface area contributed by atoms with Crippen molar-refractivity contribution in [3.8, 4) is 70.5 Å². The standard InChI is InChI=1S/C42H62Si4/c1-21-37-38(22-2)40(26-30-46(34(9)10,35(11)12)36(13)14)42(24-28-44(18,19)20)41(23-27-43(15,16)17)39(37)25-29-45(31(3)4,32(5)6)33(7)8/h1-2,31-36H,3-20H3. The van der Waals surface area contributed by atoms with Crippen molar-refractivity contribution in [2.45, 2.75) is 156 Å². The Bertz CT molecular complexity index is 1440. The van der Waals surface area contributed by atoms with E-state index >= 15 is 0 Å². The smallest absolute Gasteiger partial charge is 0.127 e. The van der Waals surface area contributed by atoms with Gasteiger partial charge in [-0.3, -0.25) is 0 Å². The summed E-state index contributed by atoms with van der Waals surface area (Å²) in [6.07, 6.45) is 12.8. The highest BCUT2D eigenvalue weighted by Gasteiger charge is 2.43. The van der Waals surface area contributed by atoms with Gasteiger partial charge in [-0.25, -0.2) is 0 Å². The Labute approximate surface area is 290 Å². The molecule has 246 valence electrons. The third-order valence-electron chi connectivity index (χ3n) is 9.45. The molecule has 0 saturated carbocycles. The lowest BCUT2D eigenvalue weighted by atomic mass is 9.87. The molecule has 46 heavy (non-hydrogen) atoms. The fourth-order valence-electron chi connectivity index (χ4n) is 7.25. The van der Waals surface area contributed by atoms with Crippen molar-refractivity contribution < 1.29 is 0 Å². The minimum Gasteiger partial charge on any atom is -0.127 e. The average molecular weight is 679 g/mol. The van der Waals surface area contributed by atoms with Gasteiger partial charge in [-0.05, 0) is 33.2 Å². The molecule has 0 atom stereocenters. The fraction of sp³-hybridized carbons (Fsp3) is 0.571. The van der Waals surface area contributed by atoms with Crippen molar-refractivity contribution in [2.24, 2.45) is 0 Å². The molecule has 1 aromatic rings. The molecule has 0 aromatic heterocycles. The SMILES string of the molecule is C#Cc1c(C#C)c(C#C[Si](C(C)C)(C(C)C)C(C)C)c(C#C[Si](C)(C)C)c(C#C[Si](C)(C)C)c1C#C[Si](C(C)C)(C(C)C)C(C)C. The van der Waals surface area contributed by atoms with Gasteiger partial charge in [0.25, 0.3) is 0 Å². The van der Waals surface area contributed by atoms with Crippen LogP contribution in [0.1, 0.15) is 116 Å². The zero-order valence-electron chi connectivity index (χ0n) is 32.6. The third-order valence-corrected chi connectivity index (χ3v) is 23.8. The Morgan fingerprint density at radius 3 is 0.717 bits per heavy atom. The van der Waals surface area contributed by atoms with Crippen LogP contribution in [0.4, 0.5) is 0 Å². The summed E-state index contributed by atoms with van der Waals surface area (Å²) in [5.41, 5.74) is 22.5. The molecule has 0 unspecified atom stereocenters. The second-order valence-electron chi connectivity index (χ2n) is 16.8. The van der Waals surface area contributed by atoms with Crippen LogP contribution in [0.25, 0.3) is 0 Å². The van der Waals surface area contributed by atoms with E-state index in [9.17, 15) is 0 Å². The summed E-state index contributed by atoms with van der Waals surface area (Å²) >= 11 is 0. The van der Waals surface area contributed by atoms with Gasteiger partial charge in [-0.1, -0.05) is 158 Å². The maximum Gasteiger partial charge on any atom is 0.146 e. The number of rotatable bonds is 6. The van der Waals surface area contributed by atoms with Crippen LogP contribution < -0.4 is 0 Å².